The van der Waals surface area contributed by atoms with Gasteiger partial charge in [-0.05, 0) is 85.6 Å². The number of rotatable bonds is 7. The van der Waals surface area contributed by atoms with Crippen LogP contribution in [0.1, 0.15) is 57.4 Å². The van der Waals surface area contributed by atoms with Crippen molar-refractivity contribution < 1.29 is 4.39 Å². The molecule has 0 aliphatic heterocycles. The summed E-state index contributed by atoms with van der Waals surface area (Å²) >= 11 is 5.77. The molecule has 0 heterocycles. The molecule has 1 fully saturated rings. The minimum atomic E-state index is -0.363. The maximum absolute atomic E-state index is 13.6. The van der Waals surface area contributed by atoms with Gasteiger partial charge in [-0.2, -0.15) is 0 Å². The lowest BCUT2D eigenvalue weighted by molar-refractivity contribution is 0.296. The Morgan fingerprint density at radius 1 is 1.00 bits per heavy atom. The third-order valence-corrected chi connectivity index (χ3v) is 6.11. The second kappa shape index (κ2) is 10.1. The molecule has 0 spiro atoms. The van der Waals surface area contributed by atoms with E-state index in [1.165, 1.54) is 56.6 Å². The lowest BCUT2D eigenvalue weighted by Gasteiger charge is -2.26. The minimum Gasteiger partial charge on any atom is -0.205 e. The van der Waals surface area contributed by atoms with Crippen LogP contribution in [0.15, 0.2) is 54.6 Å². The van der Waals surface area contributed by atoms with Crippen LogP contribution in [0.5, 0.6) is 0 Å². The molecule has 2 aromatic carbocycles. The van der Waals surface area contributed by atoms with Crippen LogP contribution in [-0.2, 0) is 6.42 Å². The van der Waals surface area contributed by atoms with Crippen molar-refractivity contribution in [1.82, 2.24) is 0 Å². The minimum absolute atomic E-state index is 0.172. The molecule has 1 aliphatic carbocycles. The van der Waals surface area contributed by atoms with E-state index < -0.39 is 0 Å². The molecule has 144 valence electrons. The van der Waals surface area contributed by atoms with Crippen molar-refractivity contribution in [2.75, 3.05) is 0 Å². The number of hydrogen-bond acceptors (Lipinski definition) is 0. The molecule has 3 rings (SSSR count). The van der Waals surface area contributed by atoms with Gasteiger partial charge in [0.2, 0.25) is 0 Å². The van der Waals surface area contributed by atoms with Gasteiger partial charge in [0, 0.05) is 0 Å². The summed E-state index contributed by atoms with van der Waals surface area (Å²) in [6.45, 7) is 2.24. The van der Waals surface area contributed by atoms with E-state index in [0.29, 0.717) is 0 Å². The number of aryl methyl sites for hydroxylation is 1. The van der Waals surface area contributed by atoms with E-state index >= 15 is 0 Å². The van der Waals surface area contributed by atoms with E-state index in [1.807, 2.05) is 6.07 Å². The molecule has 2 heteroatoms. The van der Waals surface area contributed by atoms with Crippen molar-refractivity contribution in [3.63, 3.8) is 0 Å². The average Bonchev–Trinajstić information content (AvgIpc) is 2.70. The fraction of sp³-hybridized carbons (Fsp3) is 0.440. The molecule has 0 amide bonds. The third kappa shape index (κ3) is 5.94. The van der Waals surface area contributed by atoms with Crippen molar-refractivity contribution in [3.8, 4) is 11.1 Å². The zero-order chi connectivity index (χ0) is 19.1. The molecule has 0 atom stereocenters. The van der Waals surface area contributed by atoms with Gasteiger partial charge >= 0.3 is 0 Å². The van der Waals surface area contributed by atoms with Crippen LogP contribution < -0.4 is 0 Å². The second-order valence-corrected chi connectivity index (χ2v) is 8.27. The Labute approximate surface area is 168 Å². The predicted octanol–water partition coefficient (Wildman–Crippen LogP) is 8.24. The predicted molar refractivity (Wildman–Crippen MR) is 115 cm³/mol. The molecule has 0 N–H and O–H groups in total. The van der Waals surface area contributed by atoms with E-state index in [1.54, 1.807) is 6.07 Å². The van der Waals surface area contributed by atoms with Gasteiger partial charge in [0.15, 0.2) is 0 Å². The highest BCUT2D eigenvalue weighted by Gasteiger charge is 2.19. The monoisotopic (exact) mass is 384 g/mol. The van der Waals surface area contributed by atoms with Crippen molar-refractivity contribution in [2.45, 2.75) is 58.3 Å². The smallest absolute Gasteiger partial charge is 0.142 e. The summed E-state index contributed by atoms with van der Waals surface area (Å²) in [4.78, 5) is 0. The topological polar surface area (TPSA) is 0 Å². The fourth-order valence-corrected chi connectivity index (χ4v) is 4.15. The summed E-state index contributed by atoms with van der Waals surface area (Å²) in [6.07, 6.45) is 15.1. The first-order chi connectivity index (χ1) is 13.2. The van der Waals surface area contributed by atoms with Crippen LogP contribution >= 0.6 is 11.6 Å². The normalized spacial score (nSPS) is 20.3. The van der Waals surface area contributed by atoms with Crippen molar-refractivity contribution in [2.24, 2.45) is 11.8 Å². The van der Waals surface area contributed by atoms with Crippen LogP contribution in [0, 0.1) is 17.7 Å². The number of benzene rings is 2. The zero-order valence-electron chi connectivity index (χ0n) is 16.3. The van der Waals surface area contributed by atoms with Crippen LogP contribution in [0.3, 0.4) is 0 Å². The van der Waals surface area contributed by atoms with E-state index in [4.69, 9.17) is 11.6 Å². The Kier molecular flexibility index (Phi) is 7.52. The Balaban J connectivity index is 1.47. The highest BCUT2D eigenvalue weighted by Crippen LogP contribution is 2.32. The van der Waals surface area contributed by atoms with Crippen molar-refractivity contribution in [3.05, 3.63) is 71.0 Å². The standard InChI is InChI=1S/C25H30ClF/c1-2-3-4-5-19-6-8-20(9-7-19)10-11-21-12-14-22(15-13-21)23-16-17-24(26)25(27)18-23/h4-5,12-20H,2-3,6-11H2,1H3/b5-4+. The molecular formula is C25H30ClF. The third-order valence-electron chi connectivity index (χ3n) is 5.80. The Hall–Kier alpha value is -1.60. The van der Waals surface area contributed by atoms with Gasteiger partial charge in [0.1, 0.15) is 5.82 Å². The molecule has 27 heavy (non-hydrogen) atoms. The van der Waals surface area contributed by atoms with Gasteiger partial charge in [-0.25, -0.2) is 4.39 Å². The molecular weight excluding hydrogens is 355 g/mol. The summed E-state index contributed by atoms with van der Waals surface area (Å²) in [5.41, 5.74) is 3.28. The highest BCUT2D eigenvalue weighted by molar-refractivity contribution is 6.30. The first kappa shape index (κ1) is 20.1. The van der Waals surface area contributed by atoms with Crippen LogP contribution in [-0.4, -0.2) is 0 Å². The van der Waals surface area contributed by atoms with Crippen LogP contribution in [0.25, 0.3) is 11.1 Å². The summed E-state index contributed by atoms with van der Waals surface area (Å²) < 4.78 is 13.6. The van der Waals surface area contributed by atoms with Gasteiger partial charge in [0.05, 0.1) is 5.02 Å². The summed E-state index contributed by atoms with van der Waals surface area (Å²) in [7, 11) is 0. The van der Waals surface area contributed by atoms with Gasteiger partial charge in [-0.15, -0.1) is 0 Å². The molecule has 1 saturated carbocycles. The molecule has 0 saturated heterocycles. The van der Waals surface area contributed by atoms with Crippen LogP contribution in [0.4, 0.5) is 4.39 Å². The molecule has 0 unspecified atom stereocenters. The number of unbranched alkanes of at least 4 members (excludes halogenated alkanes) is 1. The first-order valence-corrected chi connectivity index (χ1v) is 10.7. The number of hydrogen-bond donors (Lipinski definition) is 0. The molecule has 0 nitrogen and oxygen atoms in total. The molecule has 0 radical (unpaired) electrons. The molecule has 2 aromatic rings. The molecule has 1 aliphatic rings. The quantitative estimate of drug-likeness (QED) is 0.421. The largest absolute Gasteiger partial charge is 0.205 e. The lowest BCUT2D eigenvalue weighted by atomic mass is 9.79. The first-order valence-electron chi connectivity index (χ1n) is 10.4. The lowest BCUT2D eigenvalue weighted by Crippen LogP contribution is -2.13. The van der Waals surface area contributed by atoms with Crippen molar-refractivity contribution >= 4 is 11.6 Å². The Morgan fingerprint density at radius 2 is 1.70 bits per heavy atom. The SMILES string of the molecule is CCC/C=C/C1CCC(CCc2ccc(-c3ccc(Cl)c(F)c3)cc2)CC1. The maximum Gasteiger partial charge on any atom is 0.142 e. The summed E-state index contributed by atoms with van der Waals surface area (Å²) in [6, 6.07) is 13.5. The van der Waals surface area contributed by atoms with E-state index in [2.05, 4.69) is 43.3 Å². The molecule has 0 aromatic heterocycles. The van der Waals surface area contributed by atoms with Gasteiger partial charge in [0.25, 0.3) is 0 Å². The highest BCUT2D eigenvalue weighted by atomic mass is 35.5. The number of halogens is 2. The van der Waals surface area contributed by atoms with Crippen molar-refractivity contribution in [1.29, 1.82) is 0 Å². The summed E-state index contributed by atoms with van der Waals surface area (Å²) in [5.74, 6) is 1.32. The average molecular weight is 385 g/mol. The van der Waals surface area contributed by atoms with Gasteiger partial charge in [-0.3, -0.25) is 0 Å². The van der Waals surface area contributed by atoms with E-state index in [9.17, 15) is 4.39 Å². The maximum atomic E-state index is 13.6. The molecule has 0 bridgehead atoms. The Bertz CT molecular complexity index is 739. The van der Waals surface area contributed by atoms with Gasteiger partial charge < -0.3 is 0 Å². The van der Waals surface area contributed by atoms with E-state index in [-0.39, 0.29) is 10.8 Å². The second-order valence-electron chi connectivity index (χ2n) is 7.86. The van der Waals surface area contributed by atoms with Gasteiger partial charge in [-0.1, -0.05) is 67.4 Å². The number of allylic oxidation sites excluding steroid dienone is 2. The van der Waals surface area contributed by atoms with Crippen LogP contribution in [0.2, 0.25) is 5.02 Å². The fourth-order valence-electron chi connectivity index (χ4n) is 4.04. The summed E-state index contributed by atoms with van der Waals surface area (Å²) in [5, 5.41) is 0.172. The van der Waals surface area contributed by atoms with E-state index in [0.717, 1.165) is 29.4 Å². The Morgan fingerprint density at radius 3 is 2.37 bits per heavy atom. The zero-order valence-corrected chi connectivity index (χ0v) is 17.0.